The van der Waals surface area contributed by atoms with Crippen molar-refractivity contribution in [3.05, 3.63) is 73.5 Å². The average molecular weight is 395 g/mol. The molecule has 9 heteroatoms. The minimum Gasteiger partial charge on any atom is -0.302 e. The molecule has 2 aromatic heterocycles. The van der Waals surface area contributed by atoms with Gasteiger partial charge in [-0.05, 0) is 44.1 Å². The van der Waals surface area contributed by atoms with Crippen molar-refractivity contribution in [2.24, 2.45) is 0 Å². The highest BCUT2D eigenvalue weighted by Gasteiger charge is 2.19. The van der Waals surface area contributed by atoms with Crippen LogP contribution in [0.1, 0.15) is 19.3 Å². The zero-order chi connectivity index (χ0) is 20.4. The maximum Gasteiger partial charge on any atom is 0.337 e. The van der Waals surface area contributed by atoms with E-state index >= 15 is 0 Å². The first-order chi connectivity index (χ1) is 14.1. The number of piperidine rings is 1. The third-order valence-corrected chi connectivity index (χ3v) is 5.30. The molecule has 1 aromatic carbocycles. The number of non-ortho nitro benzene ring substituents is 1. The van der Waals surface area contributed by atoms with E-state index in [0.29, 0.717) is 18.6 Å². The topological polar surface area (TPSA) is 103 Å². The lowest BCUT2D eigenvalue weighted by atomic mass is 10.1. The molecule has 1 aliphatic heterocycles. The number of nitro benzene ring substituents is 1. The maximum absolute atomic E-state index is 13.2. The molecule has 0 amide bonds. The maximum atomic E-state index is 13.2. The Hall–Kier alpha value is -3.33. The van der Waals surface area contributed by atoms with E-state index in [1.54, 1.807) is 18.2 Å². The van der Waals surface area contributed by atoms with Crippen molar-refractivity contribution in [3.8, 4) is 5.82 Å². The van der Waals surface area contributed by atoms with Gasteiger partial charge in [0.1, 0.15) is 5.82 Å². The quantitative estimate of drug-likeness (QED) is 0.483. The number of nitrogens with zero attached hydrogens (tertiary/aromatic N) is 5. The van der Waals surface area contributed by atoms with E-state index in [0.717, 1.165) is 30.5 Å². The first-order valence-corrected chi connectivity index (χ1v) is 9.64. The predicted octanol–water partition coefficient (Wildman–Crippen LogP) is 1.94. The van der Waals surface area contributed by atoms with Crippen molar-refractivity contribution in [2.45, 2.75) is 25.8 Å². The van der Waals surface area contributed by atoms with Gasteiger partial charge in [-0.3, -0.25) is 19.5 Å². The molecule has 4 rings (SSSR count). The molecule has 150 valence electrons. The number of rotatable bonds is 5. The predicted molar refractivity (Wildman–Crippen MR) is 109 cm³/mol. The number of nitro groups is 1. The Labute approximate surface area is 166 Å². The molecule has 9 nitrogen and oxygen atoms in total. The summed E-state index contributed by atoms with van der Waals surface area (Å²) in [5.74, 6) is 0.197. The Morgan fingerprint density at radius 3 is 2.52 bits per heavy atom. The first-order valence-electron chi connectivity index (χ1n) is 9.64. The van der Waals surface area contributed by atoms with Crippen LogP contribution in [0.2, 0.25) is 0 Å². The highest BCUT2D eigenvalue weighted by molar-refractivity contribution is 5.80. The summed E-state index contributed by atoms with van der Waals surface area (Å²) in [5, 5.41) is 11.3. The van der Waals surface area contributed by atoms with Crippen molar-refractivity contribution < 1.29 is 4.92 Å². The van der Waals surface area contributed by atoms with Crippen LogP contribution >= 0.6 is 0 Å². The van der Waals surface area contributed by atoms with Crippen LogP contribution in [0.25, 0.3) is 16.7 Å². The van der Waals surface area contributed by atoms with Crippen LogP contribution in [0.4, 0.5) is 5.69 Å². The van der Waals surface area contributed by atoms with Crippen molar-refractivity contribution in [1.29, 1.82) is 0 Å². The normalized spacial score (nSPS) is 14.9. The number of fused-ring (bicyclic) bond motifs is 1. The summed E-state index contributed by atoms with van der Waals surface area (Å²) in [7, 11) is 0. The Balaban J connectivity index is 1.89. The molecular weight excluding hydrogens is 374 g/mol. The molecule has 0 unspecified atom stereocenters. The van der Waals surface area contributed by atoms with Crippen LogP contribution in [-0.4, -0.2) is 43.6 Å². The summed E-state index contributed by atoms with van der Waals surface area (Å²) in [6, 6.07) is 8.98. The van der Waals surface area contributed by atoms with Crippen LogP contribution in [0.3, 0.4) is 0 Å². The molecule has 1 fully saturated rings. The van der Waals surface area contributed by atoms with Gasteiger partial charge in [-0.15, -0.1) is 0 Å². The van der Waals surface area contributed by atoms with Gasteiger partial charge in [0.15, 0.2) is 0 Å². The minimum absolute atomic E-state index is 0.128. The molecule has 0 atom stereocenters. The van der Waals surface area contributed by atoms with Crippen LogP contribution in [0.5, 0.6) is 0 Å². The number of aromatic nitrogens is 3. The summed E-state index contributed by atoms with van der Waals surface area (Å²) in [6.45, 7) is 3.03. The number of hydrogen-bond acceptors (Lipinski definition) is 6. The fraction of sp³-hybridized carbons (Fsp3) is 0.350. The summed E-state index contributed by atoms with van der Waals surface area (Å²) >= 11 is 0. The minimum atomic E-state index is -0.610. The molecule has 3 heterocycles. The van der Waals surface area contributed by atoms with Crippen molar-refractivity contribution in [2.75, 3.05) is 19.6 Å². The third-order valence-electron chi connectivity index (χ3n) is 5.30. The van der Waals surface area contributed by atoms with Crippen LogP contribution in [0.15, 0.2) is 52.2 Å². The number of pyridine rings is 1. The van der Waals surface area contributed by atoms with Gasteiger partial charge in [-0.1, -0.05) is 12.5 Å². The fourth-order valence-electron chi connectivity index (χ4n) is 3.80. The Bertz CT molecular complexity index is 1160. The van der Waals surface area contributed by atoms with E-state index in [2.05, 4.69) is 9.88 Å². The highest BCUT2D eigenvalue weighted by atomic mass is 16.6. The van der Waals surface area contributed by atoms with Gasteiger partial charge in [0.05, 0.1) is 15.8 Å². The van der Waals surface area contributed by atoms with Gasteiger partial charge in [0.2, 0.25) is 0 Å². The second-order valence-electron chi connectivity index (χ2n) is 7.12. The van der Waals surface area contributed by atoms with Crippen molar-refractivity contribution in [1.82, 2.24) is 19.0 Å². The molecule has 0 spiro atoms. The molecule has 1 saturated heterocycles. The average Bonchev–Trinajstić information content (AvgIpc) is 2.75. The van der Waals surface area contributed by atoms with Gasteiger partial charge in [-0.25, -0.2) is 14.3 Å². The fourth-order valence-corrected chi connectivity index (χ4v) is 3.80. The summed E-state index contributed by atoms with van der Waals surface area (Å²) in [6.07, 6.45) is 4.98. The summed E-state index contributed by atoms with van der Waals surface area (Å²) in [5.41, 5.74) is -0.896. The number of likely N-dealkylation sites (tertiary alicyclic amines) is 1. The summed E-state index contributed by atoms with van der Waals surface area (Å²) in [4.78, 5) is 43.4. The van der Waals surface area contributed by atoms with Gasteiger partial charge < -0.3 is 4.90 Å². The van der Waals surface area contributed by atoms with Crippen LogP contribution in [-0.2, 0) is 6.54 Å². The number of benzene rings is 1. The van der Waals surface area contributed by atoms with Gasteiger partial charge in [0, 0.05) is 31.4 Å². The van der Waals surface area contributed by atoms with Crippen LogP contribution < -0.4 is 11.2 Å². The SMILES string of the molecule is O=c1c2cc([N+](=O)[O-])ccc2n(CCN2CCCCC2)c(=O)n1-c1ccccn1. The monoisotopic (exact) mass is 395 g/mol. The molecule has 0 aliphatic carbocycles. The molecule has 0 saturated carbocycles. The lowest BCUT2D eigenvalue weighted by Crippen LogP contribution is -2.42. The lowest BCUT2D eigenvalue weighted by Gasteiger charge is -2.26. The van der Waals surface area contributed by atoms with Gasteiger partial charge >= 0.3 is 5.69 Å². The van der Waals surface area contributed by atoms with E-state index in [9.17, 15) is 19.7 Å². The van der Waals surface area contributed by atoms with E-state index in [1.807, 2.05) is 0 Å². The Kier molecular flexibility index (Phi) is 5.22. The zero-order valence-electron chi connectivity index (χ0n) is 15.9. The first kappa shape index (κ1) is 19.0. The van der Waals surface area contributed by atoms with E-state index in [4.69, 9.17) is 0 Å². The van der Waals surface area contributed by atoms with Crippen molar-refractivity contribution in [3.63, 3.8) is 0 Å². The molecule has 29 heavy (non-hydrogen) atoms. The second-order valence-corrected chi connectivity index (χ2v) is 7.12. The van der Waals surface area contributed by atoms with Gasteiger partial charge in [-0.2, -0.15) is 0 Å². The lowest BCUT2D eigenvalue weighted by molar-refractivity contribution is -0.384. The Morgan fingerprint density at radius 1 is 1.03 bits per heavy atom. The van der Waals surface area contributed by atoms with Gasteiger partial charge in [0.25, 0.3) is 11.2 Å². The molecule has 0 radical (unpaired) electrons. The largest absolute Gasteiger partial charge is 0.337 e. The van der Waals surface area contributed by atoms with E-state index in [-0.39, 0.29) is 16.9 Å². The highest BCUT2D eigenvalue weighted by Crippen LogP contribution is 2.18. The third kappa shape index (κ3) is 3.68. The van der Waals surface area contributed by atoms with E-state index < -0.39 is 16.2 Å². The smallest absolute Gasteiger partial charge is 0.302 e. The molecule has 0 bridgehead atoms. The second kappa shape index (κ2) is 7.96. The molecule has 3 aromatic rings. The van der Waals surface area contributed by atoms with E-state index in [1.165, 1.54) is 35.4 Å². The Morgan fingerprint density at radius 2 is 1.83 bits per heavy atom. The van der Waals surface area contributed by atoms with Crippen LogP contribution in [0, 0.1) is 10.1 Å². The van der Waals surface area contributed by atoms with Crippen molar-refractivity contribution >= 4 is 16.6 Å². The molecular formula is C20H21N5O4. The summed E-state index contributed by atoms with van der Waals surface area (Å²) < 4.78 is 2.51. The molecule has 0 N–H and O–H groups in total. The number of hydrogen-bond donors (Lipinski definition) is 0. The standard InChI is InChI=1S/C20H21N5O4/c26-19-16-14-15(25(28)29)7-8-17(16)23(13-12-22-10-4-1-5-11-22)20(27)24(19)18-6-2-3-9-21-18/h2-3,6-9,14H,1,4-5,10-13H2. The zero-order valence-corrected chi connectivity index (χ0v) is 15.9. The molecule has 1 aliphatic rings.